The highest BCUT2D eigenvalue weighted by molar-refractivity contribution is 5.84. The molecule has 0 spiro atoms. The predicted molar refractivity (Wildman–Crippen MR) is 99.8 cm³/mol. The monoisotopic (exact) mass is 336 g/mol. The predicted octanol–water partition coefficient (Wildman–Crippen LogP) is 3.80. The number of rotatable bonds is 7. The van der Waals surface area contributed by atoms with Crippen molar-refractivity contribution in [2.45, 2.75) is 46.5 Å². The largest absolute Gasteiger partial charge is 0.318 e. The van der Waals surface area contributed by atoms with E-state index in [-0.39, 0.29) is 6.42 Å². The van der Waals surface area contributed by atoms with Crippen molar-refractivity contribution >= 4 is 12.1 Å². The molecule has 25 heavy (non-hydrogen) atoms. The fourth-order valence-corrected chi connectivity index (χ4v) is 2.79. The highest BCUT2D eigenvalue weighted by Crippen LogP contribution is 2.20. The highest BCUT2D eigenvalue weighted by atomic mass is 16.2. The van der Waals surface area contributed by atoms with Gasteiger partial charge in [-0.25, -0.2) is 5.43 Å². The van der Waals surface area contributed by atoms with Gasteiger partial charge in [0.1, 0.15) is 6.42 Å². The number of unbranched alkanes of at least 4 members (excludes halogenated alkanes) is 1. The number of hydrazone groups is 1. The molecule has 5 heteroatoms. The van der Waals surface area contributed by atoms with Crippen LogP contribution in [-0.4, -0.2) is 16.7 Å². The Labute approximate surface area is 149 Å². The number of carbonyl (C=O) groups excluding carboxylic acids is 1. The van der Waals surface area contributed by atoms with Gasteiger partial charge in [0.2, 0.25) is 0 Å². The summed E-state index contributed by atoms with van der Waals surface area (Å²) in [4.78, 5) is 11.3. The molecule has 0 atom stereocenters. The van der Waals surface area contributed by atoms with Crippen LogP contribution in [0.25, 0.3) is 5.69 Å². The number of nitriles is 1. The minimum Gasteiger partial charge on any atom is -0.318 e. The van der Waals surface area contributed by atoms with Gasteiger partial charge in [-0.1, -0.05) is 25.5 Å². The highest BCUT2D eigenvalue weighted by Gasteiger charge is 2.09. The average molecular weight is 336 g/mol. The zero-order chi connectivity index (χ0) is 18.2. The molecule has 1 amide bonds. The first-order chi connectivity index (χ1) is 12.1. The van der Waals surface area contributed by atoms with E-state index in [0.717, 1.165) is 29.1 Å². The maximum Gasteiger partial charge on any atom is 0.254 e. The van der Waals surface area contributed by atoms with Crippen molar-refractivity contribution in [1.82, 2.24) is 9.99 Å². The van der Waals surface area contributed by atoms with Crippen LogP contribution in [0.4, 0.5) is 0 Å². The maximum atomic E-state index is 11.3. The molecule has 0 radical (unpaired) electrons. The van der Waals surface area contributed by atoms with E-state index in [1.165, 1.54) is 18.4 Å². The SMILES string of the molecule is CCCCc1ccc(-n2c(C)cc(/C=N/NC(=O)CC#N)c2C)cc1. The lowest BCUT2D eigenvalue weighted by Gasteiger charge is -2.10. The first-order valence-electron chi connectivity index (χ1n) is 8.54. The Bertz CT molecular complexity index is 794. The quantitative estimate of drug-likeness (QED) is 0.617. The van der Waals surface area contributed by atoms with Gasteiger partial charge in [-0.15, -0.1) is 0 Å². The molecule has 5 nitrogen and oxygen atoms in total. The maximum absolute atomic E-state index is 11.3. The summed E-state index contributed by atoms with van der Waals surface area (Å²) in [5.74, 6) is -0.407. The number of aromatic nitrogens is 1. The summed E-state index contributed by atoms with van der Waals surface area (Å²) < 4.78 is 2.17. The van der Waals surface area contributed by atoms with Gasteiger partial charge in [0, 0.05) is 22.6 Å². The second kappa shape index (κ2) is 8.84. The number of hydrogen-bond acceptors (Lipinski definition) is 3. The Kier molecular flexibility index (Phi) is 6.53. The standard InChI is InChI=1S/C20H24N4O/c1-4-5-6-17-7-9-19(10-8-17)24-15(2)13-18(16(24)3)14-22-23-20(25)11-12-21/h7-10,13-14H,4-6,11H2,1-3H3,(H,23,25)/b22-14+. The number of nitrogens with one attached hydrogen (secondary N) is 1. The Hall–Kier alpha value is -2.87. The van der Waals surface area contributed by atoms with E-state index < -0.39 is 5.91 Å². The Balaban J connectivity index is 2.17. The molecule has 1 heterocycles. The molecule has 0 saturated heterocycles. The van der Waals surface area contributed by atoms with Gasteiger partial charge >= 0.3 is 0 Å². The molecule has 0 aliphatic rings. The molecule has 0 saturated carbocycles. The molecule has 0 aliphatic heterocycles. The van der Waals surface area contributed by atoms with Crippen molar-refractivity contribution in [3.8, 4) is 11.8 Å². The molecule has 130 valence electrons. The van der Waals surface area contributed by atoms with E-state index in [0.29, 0.717) is 0 Å². The summed E-state index contributed by atoms with van der Waals surface area (Å²) in [6.45, 7) is 6.27. The van der Waals surface area contributed by atoms with Crippen molar-refractivity contribution in [3.63, 3.8) is 0 Å². The van der Waals surface area contributed by atoms with Gasteiger partial charge < -0.3 is 4.57 Å². The van der Waals surface area contributed by atoms with Crippen molar-refractivity contribution in [1.29, 1.82) is 5.26 Å². The number of nitrogens with zero attached hydrogens (tertiary/aromatic N) is 3. The van der Waals surface area contributed by atoms with Crippen molar-refractivity contribution in [2.75, 3.05) is 0 Å². The molecule has 0 bridgehead atoms. The van der Waals surface area contributed by atoms with Gasteiger partial charge in [-0.05, 0) is 50.5 Å². The number of hydrogen-bond donors (Lipinski definition) is 1. The molecule has 2 rings (SSSR count). The van der Waals surface area contributed by atoms with Crippen LogP contribution < -0.4 is 5.43 Å². The number of amides is 1. The molecule has 2 aromatic rings. The molecule has 1 aromatic heterocycles. The Morgan fingerprint density at radius 3 is 2.68 bits per heavy atom. The fraction of sp³-hybridized carbons (Fsp3) is 0.350. The third-order valence-corrected chi connectivity index (χ3v) is 4.12. The summed E-state index contributed by atoms with van der Waals surface area (Å²) in [6.07, 6.45) is 4.94. The summed E-state index contributed by atoms with van der Waals surface area (Å²) in [7, 11) is 0. The summed E-state index contributed by atoms with van der Waals surface area (Å²) >= 11 is 0. The second-order valence-corrected chi connectivity index (χ2v) is 6.06. The van der Waals surface area contributed by atoms with Gasteiger partial charge in [0.15, 0.2) is 0 Å². The lowest BCUT2D eigenvalue weighted by atomic mass is 10.1. The molecular weight excluding hydrogens is 312 g/mol. The van der Waals surface area contributed by atoms with Gasteiger partial charge in [-0.3, -0.25) is 4.79 Å². The van der Waals surface area contributed by atoms with Crippen molar-refractivity contribution in [2.24, 2.45) is 5.10 Å². The van der Waals surface area contributed by atoms with Crippen LogP contribution in [0, 0.1) is 25.2 Å². The fourth-order valence-electron chi connectivity index (χ4n) is 2.79. The minimum atomic E-state index is -0.407. The summed E-state index contributed by atoms with van der Waals surface area (Å²) in [6, 6.07) is 12.5. The lowest BCUT2D eigenvalue weighted by molar-refractivity contribution is -0.120. The van der Waals surface area contributed by atoms with Gasteiger partial charge in [0.25, 0.3) is 5.91 Å². The van der Waals surface area contributed by atoms with E-state index in [9.17, 15) is 4.79 Å². The molecule has 0 unspecified atom stereocenters. The topological polar surface area (TPSA) is 70.2 Å². The zero-order valence-corrected chi connectivity index (χ0v) is 15.0. The molecule has 1 aromatic carbocycles. The molecule has 0 aliphatic carbocycles. The van der Waals surface area contributed by atoms with Crippen LogP contribution in [0.5, 0.6) is 0 Å². The smallest absolute Gasteiger partial charge is 0.254 e. The van der Waals surface area contributed by atoms with Crippen LogP contribution in [0.1, 0.15) is 48.7 Å². The molecular formula is C20H24N4O. The van der Waals surface area contributed by atoms with Crippen molar-refractivity contribution in [3.05, 3.63) is 52.8 Å². The lowest BCUT2D eigenvalue weighted by Crippen LogP contribution is -2.16. The van der Waals surface area contributed by atoms with E-state index in [4.69, 9.17) is 5.26 Å². The van der Waals surface area contributed by atoms with Gasteiger partial charge in [-0.2, -0.15) is 10.4 Å². The van der Waals surface area contributed by atoms with E-state index in [1.54, 1.807) is 12.3 Å². The van der Waals surface area contributed by atoms with Crippen LogP contribution in [0.3, 0.4) is 0 Å². The van der Waals surface area contributed by atoms with Crippen LogP contribution in [0.15, 0.2) is 35.4 Å². The number of benzene rings is 1. The molecule has 0 fully saturated rings. The normalized spacial score (nSPS) is 10.8. The van der Waals surface area contributed by atoms with E-state index >= 15 is 0 Å². The summed E-state index contributed by atoms with van der Waals surface area (Å²) in [5, 5.41) is 12.4. The van der Waals surface area contributed by atoms with Gasteiger partial charge in [0.05, 0.1) is 12.3 Å². The Morgan fingerprint density at radius 1 is 1.32 bits per heavy atom. The van der Waals surface area contributed by atoms with E-state index in [1.807, 2.05) is 19.9 Å². The minimum absolute atomic E-state index is 0.194. The first kappa shape index (κ1) is 18.5. The number of carbonyl (C=O) groups is 1. The Morgan fingerprint density at radius 2 is 2.04 bits per heavy atom. The van der Waals surface area contributed by atoms with Crippen LogP contribution in [-0.2, 0) is 11.2 Å². The summed E-state index contributed by atoms with van der Waals surface area (Å²) in [5.41, 5.74) is 7.91. The van der Waals surface area contributed by atoms with Crippen molar-refractivity contribution < 1.29 is 4.79 Å². The number of aryl methyl sites for hydroxylation is 2. The second-order valence-electron chi connectivity index (χ2n) is 6.06. The van der Waals surface area contributed by atoms with Crippen LogP contribution in [0.2, 0.25) is 0 Å². The third-order valence-electron chi connectivity index (χ3n) is 4.12. The third kappa shape index (κ3) is 4.80. The first-order valence-corrected chi connectivity index (χ1v) is 8.54. The molecule has 1 N–H and O–H groups in total. The zero-order valence-electron chi connectivity index (χ0n) is 15.0. The van der Waals surface area contributed by atoms with E-state index in [2.05, 4.69) is 46.3 Å². The van der Waals surface area contributed by atoms with Crippen LogP contribution >= 0.6 is 0 Å². The average Bonchev–Trinajstić information content (AvgIpc) is 2.88.